The van der Waals surface area contributed by atoms with Crippen molar-refractivity contribution in [3.8, 4) is 11.5 Å². The number of amides is 1. The minimum Gasteiger partial charge on any atom is -0.493 e. The Hall–Kier alpha value is -2.82. The first-order valence-electron chi connectivity index (χ1n) is 10.7. The molecule has 9 nitrogen and oxygen atoms in total. The summed E-state index contributed by atoms with van der Waals surface area (Å²) in [5.74, 6) is 1.19. The van der Waals surface area contributed by atoms with Crippen molar-refractivity contribution in [2.75, 3.05) is 47.1 Å². The van der Waals surface area contributed by atoms with Crippen LogP contribution in [0, 0.1) is 10.1 Å². The summed E-state index contributed by atoms with van der Waals surface area (Å²) in [5.41, 5.74) is 1.05. The zero-order chi connectivity index (χ0) is 23.8. The Bertz CT molecular complexity index is 950. The van der Waals surface area contributed by atoms with Crippen LogP contribution >= 0.6 is 11.8 Å². The number of carbonyl (C=O) groups excluding carboxylic acids is 1. The molecule has 0 bridgehead atoms. The summed E-state index contributed by atoms with van der Waals surface area (Å²) < 4.78 is 16.3. The summed E-state index contributed by atoms with van der Waals surface area (Å²) in [7, 11) is 3.20. The van der Waals surface area contributed by atoms with Crippen LogP contribution < -0.4 is 14.8 Å². The van der Waals surface area contributed by atoms with Crippen molar-refractivity contribution < 1.29 is 23.9 Å². The molecule has 0 spiro atoms. The number of ether oxygens (including phenoxy) is 3. The maximum Gasteiger partial charge on any atom is 0.269 e. The molecule has 1 heterocycles. The first-order valence-corrected chi connectivity index (χ1v) is 11.5. The lowest BCUT2D eigenvalue weighted by molar-refractivity contribution is -0.384. The number of nitrogens with one attached hydrogen (secondary N) is 1. The van der Waals surface area contributed by atoms with E-state index >= 15 is 0 Å². The van der Waals surface area contributed by atoms with Crippen LogP contribution in [0.3, 0.4) is 0 Å². The molecule has 2 atom stereocenters. The maximum absolute atomic E-state index is 12.8. The SMILES string of the molecule is COc1ccc(C(CNC(=O)C(C)Sc2ccc([N+](=O)[O-])cc2)N2CCOCC2)cc1OC. The fraction of sp³-hybridized carbons (Fsp3) is 0.435. The van der Waals surface area contributed by atoms with E-state index in [0.717, 1.165) is 23.5 Å². The van der Waals surface area contributed by atoms with Gasteiger partial charge in [0.05, 0.1) is 43.6 Å². The number of hydrogen-bond acceptors (Lipinski definition) is 8. The van der Waals surface area contributed by atoms with Gasteiger partial charge in [0.25, 0.3) is 5.69 Å². The van der Waals surface area contributed by atoms with Gasteiger partial charge in [0.2, 0.25) is 5.91 Å². The number of non-ortho nitro benzene ring substituents is 1. The zero-order valence-corrected chi connectivity index (χ0v) is 19.8. The molecule has 1 aliphatic rings. The van der Waals surface area contributed by atoms with Crippen LogP contribution in [-0.4, -0.2) is 68.0 Å². The molecule has 0 aromatic heterocycles. The molecule has 1 saturated heterocycles. The fourth-order valence-corrected chi connectivity index (χ4v) is 4.54. The summed E-state index contributed by atoms with van der Waals surface area (Å²) in [4.78, 5) is 26.3. The molecule has 1 aliphatic heterocycles. The topological polar surface area (TPSA) is 103 Å². The van der Waals surface area contributed by atoms with E-state index in [-0.39, 0.29) is 22.9 Å². The van der Waals surface area contributed by atoms with Crippen molar-refractivity contribution >= 4 is 23.4 Å². The molecule has 2 unspecified atom stereocenters. The van der Waals surface area contributed by atoms with Crippen molar-refractivity contribution in [1.82, 2.24) is 10.2 Å². The molecular weight excluding hydrogens is 446 g/mol. The number of thioether (sulfide) groups is 1. The van der Waals surface area contributed by atoms with Crippen LogP contribution in [0.1, 0.15) is 18.5 Å². The van der Waals surface area contributed by atoms with E-state index in [1.807, 2.05) is 25.1 Å². The van der Waals surface area contributed by atoms with Crippen molar-refractivity contribution in [2.45, 2.75) is 23.1 Å². The first kappa shape index (κ1) is 24.8. The number of carbonyl (C=O) groups is 1. The van der Waals surface area contributed by atoms with Gasteiger partial charge >= 0.3 is 0 Å². The summed E-state index contributed by atoms with van der Waals surface area (Å²) in [6.45, 7) is 5.07. The monoisotopic (exact) mass is 475 g/mol. The molecule has 1 N–H and O–H groups in total. The van der Waals surface area contributed by atoms with Gasteiger partial charge in [-0.05, 0) is 36.8 Å². The van der Waals surface area contributed by atoms with E-state index in [4.69, 9.17) is 14.2 Å². The highest BCUT2D eigenvalue weighted by atomic mass is 32.2. The zero-order valence-electron chi connectivity index (χ0n) is 19.0. The van der Waals surface area contributed by atoms with Crippen LogP contribution in [-0.2, 0) is 9.53 Å². The van der Waals surface area contributed by atoms with Gasteiger partial charge in [-0.1, -0.05) is 6.07 Å². The maximum atomic E-state index is 12.8. The Morgan fingerprint density at radius 2 is 1.82 bits per heavy atom. The molecule has 2 aromatic carbocycles. The molecule has 10 heteroatoms. The van der Waals surface area contributed by atoms with Crippen LogP contribution in [0.25, 0.3) is 0 Å². The number of rotatable bonds is 10. The lowest BCUT2D eigenvalue weighted by atomic mass is 10.0. The van der Waals surface area contributed by atoms with Crippen LogP contribution in [0.2, 0.25) is 0 Å². The highest BCUT2D eigenvalue weighted by Gasteiger charge is 2.25. The number of benzene rings is 2. The third kappa shape index (κ3) is 6.59. The van der Waals surface area contributed by atoms with Crippen molar-refractivity contribution in [3.05, 3.63) is 58.1 Å². The largest absolute Gasteiger partial charge is 0.493 e. The van der Waals surface area contributed by atoms with Crippen molar-refractivity contribution in [3.63, 3.8) is 0 Å². The molecule has 0 saturated carbocycles. The third-order valence-electron chi connectivity index (χ3n) is 5.48. The Balaban J connectivity index is 1.68. The predicted molar refractivity (Wildman–Crippen MR) is 126 cm³/mol. The van der Waals surface area contributed by atoms with E-state index < -0.39 is 4.92 Å². The number of nitro benzene ring substituents is 1. The summed E-state index contributed by atoms with van der Waals surface area (Å²) >= 11 is 1.36. The Kier molecular flexibility index (Phi) is 8.93. The normalized spacial score (nSPS) is 16.0. The van der Waals surface area contributed by atoms with Gasteiger partial charge in [-0.15, -0.1) is 11.8 Å². The molecule has 33 heavy (non-hydrogen) atoms. The van der Waals surface area contributed by atoms with Crippen LogP contribution in [0.4, 0.5) is 5.69 Å². The van der Waals surface area contributed by atoms with E-state index in [9.17, 15) is 14.9 Å². The molecule has 1 amide bonds. The summed E-state index contributed by atoms with van der Waals surface area (Å²) in [5, 5.41) is 13.5. The van der Waals surface area contributed by atoms with Gasteiger partial charge in [-0.2, -0.15) is 0 Å². The van der Waals surface area contributed by atoms with Gasteiger partial charge < -0.3 is 19.5 Å². The van der Waals surface area contributed by atoms with Crippen molar-refractivity contribution in [1.29, 1.82) is 0 Å². The van der Waals surface area contributed by atoms with Gasteiger partial charge in [0, 0.05) is 36.7 Å². The van der Waals surface area contributed by atoms with Crippen LogP contribution in [0.5, 0.6) is 11.5 Å². The Morgan fingerprint density at radius 3 is 2.42 bits per heavy atom. The molecule has 0 radical (unpaired) electrons. The number of hydrogen-bond donors (Lipinski definition) is 1. The molecule has 2 aromatic rings. The molecule has 1 fully saturated rings. The average molecular weight is 476 g/mol. The number of nitrogens with zero attached hydrogens (tertiary/aromatic N) is 2. The van der Waals surface area contributed by atoms with E-state index in [2.05, 4.69) is 10.2 Å². The number of morpholine rings is 1. The van der Waals surface area contributed by atoms with E-state index in [1.165, 1.54) is 23.9 Å². The van der Waals surface area contributed by atoms with Crippen LogP contribution in [0.15, 0.2) is 47.4 Å². The first-order chi connectivity index (χ1) is 15.9. The highest BCUT2D eigenvalue weighted by Crippen LogP contribution is 2.32. The Morgan fingerprint density at radius 1 is 1.15 bits per heavy atom. The van der Waals surface area contributed by atoms with Gasteiger partial charge in [-0.25, -0.2) is 0 Å². The van der Waals surface area contributed by atoms with E-state index in [1.54, 1.807) is 26.4 Å². The second-order valence-corrected chi connectivity index (χ2v) is 8.95. The minimum atomic E-state index is -0.440. The van der Waals surface area contributed by atoms with Gasteiger partial charge in [0.15, 0.2) is 11.5 Å². The summed E-state index contributed by atoms with van der Waals surface area (Å²) in [6, 6.07) is 12.0. The average Bonchev–Trinajstić information content (AvgIpc) is 2.84. The second kappa shape index (κ2) is 11.9. The minimum absolute atomic E-state index is 0.0275. The predicted octanol–water partition coefficient (Wildman–Crippen LogP) is 3.28. The summed E-state index contributed by atoms with van der Waals surface area (Å²) in [6.07, 6.45) is 0. The highest BCUT2D eigenvalue weighted by molar-refractivity contribution is 8.00. The smallest absolute Gasteiger partial charge is 0.269 e. The number of methoxy groups -OCH3 is 2. The molecule has 0 aliphatic carbocycles. The molecule has 3 rings (SSSR count). The molecular formula is C23H29N3O6S. The fourth-order valence-electron chi connectivity index (χ4n) is 3.65. The lowest BCUT2D eigenvalue weighted by Gasteiger charge is -2.35. The molecule has 178 valence electrons. The second-order valence-electron chi connectivity index (χ2n) is 7.53. The third-order valence-corrected chi connectivity index (χ3v) is 6.59. The van der Waals surface area contributed by atoms with Crippen molar-refractivity contribution in [2.24, 2.45) is 0 Å². The van der Waals surface area contributed by atoms with Gasteiger partial charge in [0.1, 0.15) is 0 Å². The standard InChI is InChI=1S/C23H29N3O6S/c1-16(33-19-7-5-18(6-8-19)26(28)29)23(27)24-15-20(25-10-12-32-13-11-25)17-4-9-21(30-2)22(14-17)31-3/h4-9,14,16,20H,10-13,15H2,1-3H3,(H,24,27). The quantitative estimate of drug-likeness (QED) is 0.317. The van der Waals surface area contributed by atoms with E-state index in [0.29, 0.717) is 31.3 Å². The van der Waals surface area contributed by atoms with Gasteiger partial charge in [-0.3, -0.25) is 19.8 Å². The Labute approximate surface area is 197 Å². The number of nitro groups is 1. The lowest BCUT2D eigenvalue weighted by Crippen LogP contribution is -2.44.